The lowest BCUT2D eigenvalue weighted by atomic mass is 10.0. The second kappa shape index (κ2) is 10.2. The molecule has 36 heavy (non-hydrogen) atoms. The van der Waals surface area contributed by atoms with Crippen LogP contribution in [0, 0.1) is 17.1 Å². The first-order valence-corrected chi connectivity index (χ1v) is 11.4. The monoisotopic (exact) mass is 491 g/mol. The molecule has 2 aromatic carbocycles. The van der Waals surface area contributed by atoms with Gasteiger partial charge < -0.3 is 19.7 Å². The second-order valence-electron chi connectivity index (χ2n) is 9.28. The summed E-state index contributed by atoms with van der Waals surface area (Å²) in [5.74, 6) is -0.863. The van der Waals surface area contributed by atoms with Crippen LogP contribution in [0.25, 0.3) is 5.69 Å². The van der Waals surface area contributed by atoms with Crippen molar-refractivity contribution in [2.45, 2.75) is 32.5 Å². The van der Waals surface area contributed by atoms with E-state index in [9.17, 15) is 19.2 Å². The lowest BCUT2D eigenvalue weighted by Gasteiger charge is -2.34. The summed E-state index contributed by atoms with van der Waals surface area (Å²) in [6.07, 6.45) is 0.739. The Bertz CT molecular complexity index is 1310. The van der Waals surface area contributed by atoms with Crippen molar-refractivity contribution in [3.05, 3.63) is 77.4 Å². The van der Waals surface area contributed by atoms with E-state index in [-0.39, 0.29) is 23.6 Å². The molecule has 1 aromatic heterocycles. The number of hydrogen-bond acceptors (Lipinski definition) is 6. The summed E-state index contributed by atoms with van der Waals surface area (Å²) in [4.78, 5) is 26.8. The van der Waals surface area contributed by atoms with E-state index in [1.54, 1.807) is 41.4 Å². The van der Waals surface area contributed by atoms with Gasteiger partial charge in [0.25, 0.3) is 5.91 Å². The quantitative estimate of drug-likeness (QED) is 0.578. The second-order valence-corrected chi connectivity index (χ2v) is 9.28. The van der Waals surface area contributed by atoms with Crippen LogP contribution in [0.3, 0.4) is 0 Å². The van der Waals surface area contributed by atoms with Crippen LogP contribution in [0.15, 0.2) is 54.7 Å². The maximum Gasteiger partial charge on any atom is 0.410 e. The van der Waals surface area contributed by atoms with E-state index >= 15 is 0 Å². The van der Waals surface area contributed by atoms with Gasteiger partial charge in [-0.25, -0.2) is 13.9 Å². The molecule has 4 rings (SSSR count). The van der Waals surface area contributed by atoms with E-state index in [0.29, 0.717) is 30.1 Å². The number of nitrogens with zero attached hydrogens (tertiary/aromatic N) is 4. The lowest BCUT2D eigenvalue weighted by molar-refractivity contribution is -0.0432. The number of rotatable bonds is 4. The Hall–Kier alpha value is -4.23. The molecule has 186 valence electrons. The fraction of sp³-hybridized carbons (Fsp3) is 0.308. The smallest absolute Gasteiger partial charge is 0.410 e. The van der Waals surface area contributed by atoms with Crippen LogP contribution in [0.1, 0.15) is 48.5 Å². The molecule has 1 fully saturated rings. The van der Waals surface area contributed by atoms with Gasteiger partial charge >= 0.3 is 6.09 Å². The fourth-order valence-corrected chi connectivity index (χ4v) is 3.68. The molecule has 1 saturated heterocycles. The van der Waals surface area contributed by atoms with Gasteiger partial charge in [-0.2, -0.15) is 10.4 Å². The Kier molecular flexibility index (Phi) is 7.03. The number of nitrogens with one attached hydrogen (secondary N) is 1. The van der Waals surface area contributed by atoms with E-state index in [2.05, 4.69) is 16.5 Å². The number of nitriles is 1. The van der Waals surface area contributed by atoms with Crippen molar-refractivity contribution in [3.8, 4) is 11.8 Å². The van der Waals surface area contributed by atoms with Gasteiger partial charge in [-0.15, -0.1) is 0 Å². The Morgan fingerprint density at radius 1 is 1.19 bits per heavy atom. The molecular weight excluding hydrogens is 465 g/mol. The molecule has 3 aromatic rings. The molecule has 2 heterocycles. The fourth-order valence-electron chi connectivity index (χ4n) is 3.68. The summed E-state index contributed by atoms with van der Waals surface area (Å²) in [5.41, 5.74) is 1.41. The number of ether oxygens (including phenoxy) is 2. The topological polar surface area (TPSA) is 109 Å². The van der Waals surface area contributed by atoms with E-state index < -0.39 is 23.7 Å². The Morgan fingerprint density at radius 3 is 2.64 bits per heavy atom. The molecule has 0 saturated carbocycles. The summed E-state index contributed by atoms with van der Waals surface area (Å²) in [6, 6.07) is 14.3. The van der Waals surface area contributed by atoms with Crippen LogP contribution in [-0.2, 0) is 9.47 Å². The van der Waals surface area contributed by atoms with Crippen molar-refractivity contribution in [1.82, 2.24) is 14.7 Å². The number of carbonyl (C=O) groups excluding carboxylic acids is 2. The Morgan fingerprint density at radius 2 is 1.94 bits per heavy atom. The number of hydrogen-bond donors (Lipinski definition) is 1. The van der Waals surface area contributed by atoms with Crippen LogP contribution in [0.2, 0.25) is 0 Å². The zero-order valence-corrected chi connectivity index (χ0v) is 20.2. The van der Waals surface area contributed by atoms with Crippen LogP contribution in [0.5, 0.6) is 0 Å². The largest absolute Gasteiger partial charge is 0.444 e. The van der Waals surface area contributed by atoms with Crippen LogP contribution < -0.4 is 5.32 Å². The molecule has 1 atom stereocenters. The SMILES string of the molecule is CC(C)(C)OC(=O)N1CCOC(c2ccc(NC(=O)c3ccn(-c4ccc(F)cc4)n3)c(C#N)c2)C1. The van der Waals surface area contributed by atoms with E-state index in [4.69, 9.17) is 9.47 Å². The van der Waals surface area contributed by atoms with Crippen molar-refractivity contribution >= 4 is 17.7 Å². The van der Waals surface area contributed by atoms with Gasteiger partial charge in [0.15, 0.2) is 5.69 Å². The number of carbonyl (C=O) groups is 2. The van der Waals surface area contributed by atoms with Crippen molar-refractivity contribution in [2.24, 2.45) is 0 Å². The zero-order chi connectivity index (χ0) is 25.9. The number of anilines is 1. The van der Waals surface area contributed by atoms with Gasteiger partial charge in [-0.05, 0) is 68.8 Å². The van der Waals surface area contributed by atoms with Gasteiger partial charge in [-0.3, -0.25) is 4.79 Å². The molecule has 1 unspecified atom stereocenters. The molecule has 1 aliphatic rings. The number of aromatic nitrogens is 2. The van der Waals surface area contributed by atoms with Crippen LogP contribution >= 0.6 is 0 Å². The summed E-state index contributed by atoms with van der Waals surface area (Å²) in [7, 11) is 0. The first-order chi connectivity index (χ1) is 17.1. The molecule has 1 aliphatic heterocycles. The highest BCUT2D eigenvalue weighted by atomic mass is 19.1. The van der Waals surface area contributed by atoms with Crippen molar-refractivity contribution in [1.29, 1.82) is 5.26 Å². The molecule has 0 radical (unpaired) electrons. The van der Waals surface area contributed by atoms with Crippen LogP contribution in [-0.4, -0.2) is 52.0 Å². The number of morpholine rings is 1. The summed E-state index contributed by atoms with van der Waals surface area (Å²) in [5, 5.41) is 16.6. The minimum absolute atomic E-state index is 0.135. The van der Waals surface area contributed by atoms with E-state index in [0.717, 1.165) is 0 Å². The molecule has 0 aliphatic carbocycles. The third kappa shape index (κ3) is 5.87. The highest BCUT2D eigenvalue weighted by molar-refractivity contribution is 6.03. The average molecular weight is 492 g/mol. The van der Waals surface area contributed by atoms with Gasteiger partial charge in [0.05, 0.1) is 30.1 Å². The third-order valence-electron chi connectivity index (χ3n) is 5.42. The predicted octanol–water partition coefficient (Wildman–Crippen LogP) is 4.44. The maximum absolute atomic E-state index is 13.2. The number of amides is 2. The van der Waals surface area contributed by atoms with Gasteiger partial charge in [0, 0.05) is 12.7 Å². The minimum atomic E-state index is -0.604. The van der Waals surface area contributed by atoms with E-state index in [1.807, 2.05) is 20.8 Å². The Balaban J connectivity index is 1.46. The zero-order valence-electron chi connectivity index (χ0n) is 20.2. The Labute approximate surface area is 208 Å². The molecule has 10 heteroatoms. The van der Waals surface area contributed by atoms with Crippen molar-refractivity contribution in [2.75, 3.05) is 25.0 Å². The third-order valence-corrected chi connectivity index (χ3v) is 5.42. The van der Waals surface area contributed by atoms with Crippen molar-refractivity contribution < 1.29 is 23.5 Å². The molecule has 0 spiro atoms. The maximum atomic E-state index is 13.2. The predicted molar refractivity (Wildman–Crippen MR) is 129 cm³/mol. The summed E-state index contributed by atoms with van der Waals surface area (Å²) >= 11 is 0. The molecule has 2 amide bonds. The molecule has 1 N–H and O–H groups in total. The van der Waals surface area contributed by atoms with E-state index in [1.165, 1.54) is 22.9 Å². The molecule has 0 bridgehead atoms. The highest BCUT2D eigenvalue weighted by Gasteiger charge is 2.29. The van der Waals surface area contributed by atoms with Crippen molar-refractivity contribution in [3.63, 3.8) is 0 Å². The number of benzene rings is 2. The summed E-state index contributed by atoms with van der Waals surface area (Å²) in [6.45, 7) is 6.45. The minimum Gasteiger partial charge on any atom is -0.444 e. The first-order valence-electron chi connectivity index (χ1n) is 11.4. The first kappa shape index (κ1) is 24.9. The van der Waals surface area contributed by atoms with Gasteiger partial charge in [-0.1, -0.05) is 6.07 Å². The molecule has 9 nitrogen and oxygen atoms in total. The average Bonchev–Trinajstić information content (AvgIpc) is 3.34. The van der Waals surface area contributed by atoms with Crippen LogP contribution in [0.4, 0.5) is 14.9 Å². The standard InChI is InChI=1S/C26H26FN5O4/c1-26(2,3)36-25(34)31-12-13-35-23(16-31)17-4-9-21(18(14-17)15-28)29-24(33)22-10-11-32(30-22)20-7-5-19(27)6-8-20/h4-11,14,23H,12-13,16H2,1-3H3,(H,29,33). The normalized spacial score (nSPS) is 15.8. The van der Waals surface area contributed by atoms with Gasteiger partial charge in [0.1, 0.15) is 23.6 Å². The summed E-state index contributed by atoms with van der Waals surface area (Å²) < 4.78 is 25.9. The highest BCUT2D eigenvalue weighted by Crippen LogP contribution is 2.27. The van der Waals surface area contributed by atoms with Gasteiger partial charge in [0.2, 0.25) is 0 Å². The molecular formula is C26H26FN5O4. The lowest BCUT2D eigenvalue weighted by Crippen LogP contribution is -2.44. The number of halogens is 1.